The molecule has 0 spiro atoms. The molecule has 0 heterocycles. The van der Waals surface area contributed by atoms with Crippen molar-refractivity contribution in [2.45, 2.75) is 13.0 Å². The number of Topliss-reactive ketones (excluding diaryl/α,β-unsaturated/α-hetero) is 1. The largest absolute Gasteiger partial charge is 0.435 e. The van der Waals surface area contributed by atoms with E-state index in [1.54, 1.807) is 0 Å². The molecule has 0 aliphatic carbocycles. The quantitative estimate of drug-likeness (QED) is 0.750. The number of hydrogen-bond acceptors (Lipinski definition) is 2. The van der Waals surface area contributed by atoms with Crippen molar-refractivity contribution in [1.82, 2.24) is 0 Å². The van der Waals surface area contributed by atoms with Crippen LogP contribution >= 0.6 is 15.9 Å². The zero-order chi connectivity index (χ0) is 14.5. The molecular weight excluding hydrogens is 330 g/mol. The molecule has 2 aromatic carbocycles. The number of ether oxygens (including phenoxy) is 1. The third-order valence-electron chi connectivity index (χ3n) is 2.66. The first-order valence-electron chi connectivity index (χ1n) is 5.87. The number of hydrogen-bond donors (Lipinski definition) is 0. The van der Waals surface area contributed by atoms with Gasteiger partial charge in [-0.25, -0.2) is 0 Å². The third kappa shape index (κ3) is 4.13. The van der Waals surface area contributed by atoms with Gasteiger partial charge in [-0.1, -0.05) is 28.1 Å². The summed E-state index contributed by atoms with van der Waals surface area (Å²) in [6.45, 7) is -2.86. The molecule has 0 fully saturated rings. The van der Waals surface area contributed by atoms with Crippen LogP contribution in [0.5, 0.6) is 5.75 Å². The summed E-state index contributed by atoms with van der Waals surface area (Å²) in [6.07, 6.45) is 0.258. The molecule has 0 saturated heterocycles. The lowest BCUT2D eigenvalue weighted by Crippen LogP contribution is -2.05. The van der Waals surface area contributed by atoms with E-state index >= 15 is 0 Å². The van der Waals surface area contributed by atoms with Crippen LogP contribution in [0, 0.1) is 0 Å². The molecule has 0 aromatic heterocycles. The Bertz CT molecular complexity index is 597. The minimum atomic E-state index is -2.86. The highest BCUT2D eigenvalue weighted by molar-refractivity contribution is 9.10. The van der Waals surface area contributed by atoms with Crippen LogP contribution in [0.15, 0.2) is 53.0 Å². The molecule has 2 rings (SSSR count). The number of rotatable bonds is 5. The Morgan fingerprint density at radius 3 is 2.45 bits per heavy atom. The summed E-state index contributed by atoms with van der Waals surface area (Å²) in [7, 11) is 0. The van der Waals surface area contributed by atoms with E-state index in [9.17, 15) is 13.6 Å². The maximum absolute atomic E-state index is 12.1. The minimum absolute atomic E-state index is 0.0407. The average molecular weight is 341 g/mol. The molecule has 2 aromatic rings. The number of carbonyl (C=O) groups excluding carboxylic acids is 1. The predicted octanol–water partition coefficient (Wildman–Crippen LogP) is 4.48. The molecule has 0 atom stereocenters. The standard InChI is InChI=1S/C15H11BrF2O2/c16-12-3-1-2-10(8-12)9-14(19)11-4-6-13(7-5-11)20-15(17)18/h1-8,15H,9H2. The van der Waals surface area contributed by atoms with Crippen LogP contribution in [-0.2, 0) is 6.42 Å². The summed E-state index contributed by atoms with van der Waals surface area (Å²) in [5.41, 5.74) is 1.35. The highest BCUT2D eigenvalue weighted by atomic mass is 79.9. The average Bonchev–Trinajstić information content (AvgIpc) is 2.38. The second kappa shape index (κ2) is 6.61. The fourth-order valence-electron chi connectivity index (χ4n) is 1.76. The SMILES string of the molecule is O=C(Cc1cccc(Br)c1)c1ccc(OC(F)F)cc1. The number of alkyl halides is 2. The van der Waals surface area contributed by atoms with Crippen LogP contribution in [0.25, 0.3) is 0 Å². The molecule has 5 heteroatoms. The Hall–Kier alpha value is -1.75. The maximum atomic E-state index is 12.1. The van der Waals surface area contributed by atoms with Crippen molar-refractivity contribution in [3.8, 4) is 5.75 Å². The second-order valence-electron chi connectivity index (χ2n) is 4.13. The first-order chi connectivity index (χ1) is 9.54. The number of carbonyl (C=O) groups is 1. The van der Waals surface area contributed by atoms with Gasteiger partial charge >= 0.3 is 6.61 Å². The molecule has 0 unspecified atom stereocenters. The van der Waals surface area contributed by atoms with Crippen molar-refractivity contribution in [2.75, 3.05) is 0 Å². The first-order valence-corrected chi connectivity index (χ1v) is 6.66. The Labute approximate surface area is 123 Å². The maximum Gasteiger partial charge on any atom is 0.387 e. The van der Waals surface area contributed by atoms with Crippen LogP contribution in [0.2, 0.25) is 0 Å². The van der Waals surface area contributed by atoms with Gasteiger partial charge in [0.15, 0.2) is 5.78 Å². The van der Waals surface area contributed by atoms with Gasteiger partial charge in [0.1, 0.15) is 5.75 Å². The van der Waals surface area contributed by atoms with E-state index in [-0.39, 0.29) is 18.0 Å². The second-order valence-corrected chi connectivity index (χ2v) is 5.05. The first kappa shape index (κ1) is 14.7. The van der Waals surface area contributed by atoms with Crippen LogP contribution in [0.1, 0.15) is 15.9 Å². The van der Waals surface area contributed by atoms with E-state index in [0.717, 1.165) is 10.0 Å². The molecule has 2 nitrogen and oxygen atoms in total. The van der Waals surface area contributed by atoms with E-state index in [1.165, 1.54) is 24.3 Å². The lowest BCUT2D eigenvalue weighted by molar-refractivity contribution is -0.0498. The third-order valence-corrected chi connectivity index (χ3v) is 3.15. The fraction of sp³-hybridized carbons (Fsp3) is 0.133. The molecule has 104 valence electrons. The van der Waals surface area contributed by atoms with E-state index in [0.29, 0.717) is 5.56 Å². The Morgan fingerprint density at radius 1 is 1.15 bits per heavy atom. The molecule has 0 radical (unpaired) electrons. The van der Waals surface area contributed by atoms with Crippen molar-refractivity contribution < 1.29 is 18.3 Å². The van der Waals surface area contributed by atoms with Gasteiger partial charge in [0, 0.05) is 16.5 Å². The van der Waals surface area contributed by atoms with Gasteiger partial charge in [-0.05, 0) is 42.0 Å². The van der Waals surface area contributed by atoms with Gasteiger partial charge in [0.25, 0.3) is 0 Å². The topological polar surface area (TPSA) is 26.3 Å². The van der Waals surface area contributed by atoms with Crippen LogP contribution in [0.3, 0.4) is 0 Å². The smallest absolute Gasteiger partial charge is 0.387 e. The van der Waals surface area contributed by atoms with Gasteiger partial charge in [0.2, 0.25) is 0 Å². The number of halogens is 3. The highest BCUT2D eigenvalue weighted by Crippen LogP contribution is 2.17. The van der Waals surface area contributed by atoms with Crippen LogP contribution in [-0.4, -0.2) is 12.4 Å². The molecule has 0 bridgehead atoms. The Kier molecular flexibility index (Phi) is 4.84. The molecule has 0 aliphatic heterocycles. The molecule has 0 amide bonds. The van der Waals surface area contributed by atoms with Gasteiger partial charge < -0.3 is 4.74 Å². The van der Waals surface area contributed by atoms with Crippen LogP contribution in [0.4, 0.5) is 8.78 Å². The van der Waals surface area contributed by atoms with Crippen molar-refractivity contribution in [3.05, 3.63) is 64.1 Å². The van der Waals surface area contributed by atoms with Crippen molar-refractivity contribution in [2.24, 2.45) is 0 Å². The summed E-state index contributed by atoms with van der Waals surface area (Å²) >= 11 is 3.34. The zero-order valence-electron chi connectivity index (χ0n) is 10.4. The monoisotopic (exact) mass is 340 g/mol. The fourth-order valence-corrected chi connectivity index (χ4v) is 2.20. The minimum Gasteiger partial charge on any atom is -0.435 e. The van der Waals surface area contributed by atoms with Gasteiger partial charge in [0.05, 0.1) is 0 Å². The predicted molar refractivity (Wildman–Crippen MR) is 75.3 cm³/mol. The van der Waals surface area contributed by atoms with E-state index in [4.69, 9.17) is 0 Å². The Balaban J connectivity index is 2.06. The van der Waals surface area contributed by atoms with E-state index in [1.807, 2.05) is 24.3 Å². The molecule has 0 N–H and O–H groups in total. The lowest BCUT2D eigenvalue weighted by atomic mass is 10.0. The summed E-state index contributed by atoms with van der Waals surface area (Å²) in [6, 6.07) is 13.1. The van der Waals surface area contributed by atoms with Crippen LogP contribution < -0.4 is 4.74 Å². The molecule has 0 saturated carbocycles. The molecule has 20 heavy (non-hydrogen) atoms. The van der Waals surface area contributed by atoms with Crippen molar-refractivity contribution >= 4 is 21.7 Å². The van der Waals surface area contributed by atoms with Gasteiger partial charge in [-0.3, -0.25) is 4.79 Å². The molecular formula is C15H11BrF2O2. The summed E-state index contributed by atoms with van der Waals surface area (Å²) in [5, 5.41) is 0. The summed E-state index contributed by atoms with van der Waals surface area (Å²) in [4.78, 5) is 12.1. The highest BCUT2D eigenvalue weighted by Gasteiger charge is 2.09. The number of ketones is 1. The number of benzene rings is 2. The van der Waals surface area contributed by atoms with E-state index < -0.39 is 6.61 Å². The van der Waals surface area contributed by atoms with Crippen molar-refractivity contribution in [1.29, 1.82) is 0 Å². The Morgan fingerprint density at radius 2 is 1.85 bits per heavy atom. The summed E-state index contributed by atoms with van der Waals surface area (Å²) in [5.74, 6) is -0.0364. The zero-order valence-corrected chi connectivity index (χ0v) is 11.9. The lowest BCUT2D eigenvalue weighted by Gasteiger charge is -2.06. The summed E-state index contributed by atoms with van der Waals surface area (Å²) < 4.78 is 29.2. The molecule has 0 aliphatic rings. The van der Waals surface area contributed by atoms with Gasteiger partial charge in [-0.15, -0.1) is 0 Å². The van der Waals surface area contributed by atoms with E-state index in [2.05, 4.69) is 20.7 Å². The van der Waals surface area contributed by atoms with Crippen molar-refractivity contribution in [3.63, 3.8) is 0 Å². The normalized spacial score (nSPS) is 10.6. The van der Waals surface area contributed by atoms with Gasteiger partial charge in [-0.2, -0.15) is 8.78 Å².